The third-order valence-electron chi connectivity index (χ3n) is 2.25. The predicted octanol–water partition coefficient (Wildman–Crippen LogP) is 1.07. The van der Waals surface area contributed by atoms with Gasteiger partial charge in [0, 0.05) is 38.6 Å². The van der Waals surface area contributed by atoms with E-state index >= 15 is 0 Å². The fourth-order valence-electron chi connectivity index (χ4n) is 1.53. The van der Waals surface area contributed by atoms with Crippen molar-refractivity contribution < 1.29 is 0 Å². The van der Waals surface area contributed by atoms with Gasteiger partial charge in [-0.05, 0) is 6.92 Å². The minimum atomic E-state index is 0.778. The summed E-state index contributed by atoms with van der Waals surface area (Å²) in [6.07, 6.45) is 5.84. The topological polar surface area (TPSA) is 47.7 Å². The molecule has 0 saturated carbocycles. The minimum Gasteiger partial charge on any atom is -0.378 e. The van der Waals surface area contributed by atoms with Crippen LogP contribution < -0.4 is 5.32 Å². The molecule has 80 valence electrons. The summed E-state index contributed by atoms with van der Waals surface area (Å²) in [6, 6.07) is 0. The molecular weight excluding hydrogens is 190 g/mol. The lowest BCUT2D eigenvalue weighted by molar-refractivity contribution is 0.756. The Hall–Kier alpha value is -1.78. The Morgan fingerprint density at radius 2 is 2.07 bits per heavy atom. The summed E-state index contributed by atoms with van der Waals surface area (Å²) in [7, 11) is 3.83. The van der Waals surface area contributed by atoms with Gasteiger partial charge in [0.2, 0.25) is 0 Å². The second-order valence-corrected chi connectivity index (χ2v) is 3.68. The number of aromatic nitrogens is 4. The first-order valence-electron chi connectivity index (χ1n) is 4.87. The van der Waals surface area contributed by atoms with Crippen molar-refractivity contribution in [3.8, 4) is 0 Å². The molecule has 0 saturated heterocycles. The second-order valence-electron chi connectivity index (χ2n) is 3.68. The summed E-state index contributed by atoms with van der Waals surface area (Å²) in [6.45, 7) is 2.77. The minimum absolute atomic E-state index is 0.778. The van der Waals surface area contributed by atoms with Gasteiger partial charge in [0.25, 0.3) is 0 Å². The van der Waals surface area contributed by atoms with E-state index in [0.29, 0.717) is 0 Å². The van der Waals surface area contributed by atoms with E-state index in [0.717, 1.165) is 17.9 Å². The van der Waals surface area contributed by atoms with E-state index < -0.39 is 0 Å². The van der Waals surface area contributed by atoms with Gasteiger partial charge in [-0.3, -0.25) is 9.36 Å². The van der Waals surface area contributed by atoms with Crippen molar-refractivity contribution in [2.45, 2.75) is 13.5 Å². The van der Waals surface area contributed by atoms with Crippen LogP contribution in [0.5, 0.6) is 0 Å². The van der Waals surface area contributed by atoms with Gasteiger partial charge in [-0.15, -0.1) is 0 Å². The molecule has 0 aliphatic carbocycles. The molecule has 0 fully saturated rings. The summed E-state index contributed by atoms with van der Waals surface area (Å²) in [5, 5.41) is 11.7. The summed E-state index contributed by atoms with van der Waals surface area (Å²) in [5.74, 6) is 0. The van der Waals surface area contributed by atoms with Gasteiger partial charge in [0.05, 0.1) is 17.6 Å². The number of hydrogen-bond acceptors (Lipinski definition) is 3. The summed E-state index contributed by atoms with van der Waals surface area (Å²) in [5.41, 5.74) is 3.25. The Morgan fingerprint density at radius 1 is 1.27 bits per heavy atom. The highest BCUT2D eigenvalue weighted by Crippen LogP contribution is 2.12. The molecule has 0 bridgehead atoms. The summed E-state index contributed by atoms with van der Waals surface area (Å²) >= 11 is 0. The third-order valence-corrected chi connectivity index (χ3v) is 2.25. The largest absolute Gasteiger partial charge is 0.378 e. The van der Waals surface area contributed by atoms with Crippen LogP contribution >= 0.6 is 0 Å². The van der Waals surface area contributed by atoms with E-state index in [2.05, 4.69) is 15.5 Å². The Balaban J connectivity index is 2.01. The van der Waals surface area contributed by atoms with Crippen molar-refractivity contribution in [1.29, 1.82) is 0 Å². The summed E-state index contributed by atoms with van der Waals surface area (Å²) < 4.78 is 3.61. The van der Waals surface area contributed by atoms with E-state index in [1.54, 1.807) is 9.36 Å². The fourth-order valence-corrected chi connectivity index (χ4v) is 1.53. The second kappa shape index (κ2) is 3.76. The molecule has 0 atom stereocenters. The zero-order valence-corrected chi connectivity index (χ0v) is 9.23. The van der Waals surface area contributed by atoms with Crippen LogP contribution in [0.1, 0.15) is 11.3 Å². The Morgan fingerprint density at radius 3 is 2.60 bits per heavy atom. The fraction of sp³-hybridized carbons (Fsp3) is 0.400. The molecule has 2 rings (SSSR count). The van der Waals surface area contributed by atoms with Crippen LogP contribution in [0.25, 0.3) is 0 Å². The molecule has 1 N–H and O–H groups in total. The highest BCUT2D eigenvalue weighted by molar-refractivity contribution is 5.45. The van der Waals surface area contributed by atoms with Gasteiger partial charge >= 0.3 is 0 Å². The van der Waals surface area contributed by atoms with Gasteiger partial charge in [-0.1, -0.05) is 0 Å². The molecule has 0 aliphatic heterocycles. The Kier molecular flexibility index (Phi) is 2.45. The zero-order valence-electron chi connectivity index (χ0n) is 9.23. The van der Waals surface area contributed by atoms with Crippen LogP contribution in [0.4, 0.5) is 5.69 Å². The molecule has 0 aliphatic rings. The first-order chi connectivity index (χ1) is 7.15. The molecule has 0 spiro atoms. The Labute approximate surface area is 88.7 Å². The molecule has 5 nitrogen and oxygen atoms in total. The number of nitrogens with zero attached hydrogens (tertiary/aromatic N) is 4. The van der Waals surface area contributed by atoms with Crippen LogP contribution in [0.2, 0.25) is 0 Å². The van der Waals surface area contributed by atoms with Gasteiger partial charge in [0.15, 0.2) is 0 Å². The molecule has 15 heavy (non-hydrogen) atoms. The summed E-state index contributed by atoms with van der Waals surface area (Å²) in [4.78, 5) is 0. The molecule has 2 aromatic heterocycles. The zero-order chi connectivity index (χ0) is 10.8. The van der Waals surface area contributed by atoms with Crippen molar-refractivity contribution in [2.24, 2.45) is 14.1 Å². The van der Waals surface area contributed by atoms with Crippen molar-refractivity contribution in [1.82, 2.24) is 19.6 Å². The van der Waals surface area contributed by atoms with E-state index in [1.165, 1.54) is 5.56 Å². The van der Waals surface area contributed by atoms with E-state index in [9.17, 15) is 0 Å². The molecule has 5 heteroatoms. The molecule has 0 radical (unpaired) electrons. The molecule has 0 amide bonds. The standard InChI is InChI=1S/C10H15N5/c1-8-10(7-15(3)13-8)11-4-9-5-12-14(2)6-9/h5-7,11H,4H2,1-3H3. The lowest BCUT2D eigenvalue weighted by atomic mass is 10.3. The molecule has 0 aromatic carbocycles. The highest BCUT2D eigenvalue weighted by Gasteiger charge is 2.02. The van der Waals surface area contributed by atoms with Crippen molar-refractivity contribution >= 4 is 5.69 Å². The lowest BCUT2D eigenvalue weighted by Crippen LogP contribution is -1.98. The maximum Gasteiger partial charge on any atom is 0.0825 e. The maximum absolute atomic E-state index is 4.26. The normalized spacial score (nSPS) is 10.6. The van der Waals surface area contributed by atoms with Gasteiger partial charge < -0.3 is 5.32 Å². The van der Waals surface area contributed by atoms with Crippen LogP contribution in [0, 0.1) is 6.92 Å². The number of hydrogen-bond donors (Lipinski definition) is 1. The number of nitrogens with one attached hydrogen (secondary N) is 1. The smallest absolute Gasteiger partial charge is 0.0825 e. The lowest BCUT2D eigenvalue weighted by Gasteiger charge is -2.01. The van der Waals surface area contributed by atoms with Crippen LogP contribution in [-0.4, -0.2) is 19.6 Å². The van der Waals surface area contributed by atoms with Crippen molar-refractivity contribution in [2.75, 3.05) is 5.32 Å². The predicted molar refractivity (Wildman–Crippen MR) is 58.5 cm³/mol. The number of rotatable bonds is 3. The molecule has 0 unspecified atom stereocenters. The average molecular weight is 205 g/mol. The van der Waals surface area contributed by atoms with Gasteiger partial charge in [-0.25, -0.2) is 0 Å². The van der Waals surface area contributed by atoms with Gasteiger partial charge in [-0.2, -0.15) is 10.2 Å². The number of anilines is 1. The van der Waals surface area contributed by atoms with E-state index in [4.69, 9.17) is 0 Å². The van der Waals surface area contributed by atoms with Crippen LogP contribution in [-0.2, 0) is 20.6 Å². The molecular formula is C10H15N5. The maximum atomic E-state index is 4.26. The molecule has 2 aromatic rings. The van der Waals surface area contributed by atoms with Crippen LogP contribution in [0.3, 0.4) is 0 Å². The van der Waals surface area contributed by atoms with Crippen LogP contribution in [0.15, 0.2) is 18.6 Å². The average Bonchev–Trinajstić information content (AvgIpc) is 2.70. The van der Waals surface area contributed by atoms with E-state index in [-0.39, 0.29) is 0 Å². The first kappa shape index (κ1) is 9.76. The highest BCUT2D eigenvalue weighted by atomic mass is 15.3. The number of aryl methyl sites for hydroxylation is 3. The first-order valence-corrected chi connectivity index (χ1v) is 4.87. The SMILES string of the molecule is Cc1nn(C)cc1NCc1cnn(C)c1. The monoisotopic (exact) mass is 205 g/mol. The quantitative estimate of drug-likeness (QED) is 0.815. The Bertz CT molecular complexity index is 454. The molecule has 2 heterocycles. The third kappa shape index (κ3) is 2.18. The van der Waals surface area contributed by atoms with Crippen molar-refractivity contribution in [3.63, 3.8) is 0 Å². The van der Waals surface area contributed by atoms with E-state index in [1.807, 2.05) is 39.6 Å². The van der Waals surface area contributed by atoms with Gasteiger partial charge in [0.1, 0.15) is 0 Å². The van der Waals surface area contributed by atoms with Crippen molar-refractivity contribution in [3.05, 3.63) is 29.8 Å².